The van der Waals surface area contributed by atoms with Crippen LogP contribution in [-0.4, -0.2) is 48.6 Å². The van der Waals surface area contributed by atoms with Gasteiger partial charge in [0.1, 0.15) is 11.6 Å². The molecule has 0 spiro atoms. The van der Waals surface area contributed by atoms with Crippen molar-refractivity contribution in [1.82, 2.24) is 24.7 Å². The van der Waals surface area contributed by atoms with Crippen LogP contribution in [0.2, 0.25) is 0 Å². The van der Waals surface area contributed by atoms with Gasteiger partial charge >= 0.3 is 0 Å². The Morgan fingerprint density at radius 1 is 1.08 bits per heavy atom. The molecule has 0 fully saturated rings. The van der Waals surface area contributed by atoms with Gasteiger partial charge in [0.05, 0.1) is 12.0 Å². The van der Waals surface area contributed by atoms with Crippen molar-refractivity contribution in [3.63, 3.8) is 0 Å². The molecule has 0 aliphatic rings. The molecule has 136 valence electrons. The van der Waals surface area contributed by atoms with Gasteiger partial charge < -0.3 is 10.1 Å². The molecule has 3 rings (SSSR count). The molecule has 26 heavy (non-hydrogen) atoms. The third kappa shape index (κ3) is 4.35. The van der Waals surface area contributed by atoms with E-state index in [0.29, 0.717) is 23.9 Å². The first kappa shape index (κ1) is 17.8. The summed E-state index contributed by atoms with van der Waals surface area (Å²) < 4.78 is 33.5. The fraction of sp³-hybridized carbons (Fsp3) is 0.188. The number of benzene rings is 1. The number of aromatic nitrogens is 4. The van der Waals surface area contributed by atoms with Crippen molar-refractivity contribution in [2.75, 3.05) is 25.5 Å². The Morgan fingerprint density at radius 3 is 2.50 bits per heavy atom. The number of anilines is 1. The van der Waals surface area contributed by atoms with Crippen LogP contribution in [-0.2, 0) is 10.0 Å². The van der Waals surface area contributed by atoms with Gasteiger partial charge in [0.15, 0.2) is 5.82 Å². The summed E-state index contributed by atoms with van der Waals surface area (Å²) in [5, 5.41) is 15.2. The van der Waals surface area contributed by atoms with Crippen molar-refractivity contribution in [3.8, 4) is 11.6 Å². The second-order valence-corrected chi connectivity index (χ2v) is 6.99. The van der Waals surface area contributed by atoms with Crippen molar-refractivity contribution in [2.45, 2.75) is 4.90 Å². The van der Waals surface area contributed by atoms with Crippen molar-refractivity contribution in [1.29, 1.82) is 0 Å². The number of hydrogen-bond acceptors (Lipinski definition) is 7. The molecule has 9 nitrogen and oxygen atoms in total. The highest BCUT2D eigenvalue weighted by molar-refractivity contribution is 7.89. The molecule has 10 heteroatoms. The molecule has 1 aromatic carbocycles. The molecule has 2 heterocycles. The minimum atomic E-state index is -3.57. The lowest BCUT2D eigenvalue weighted by molar-refractivity contribution is 0.414. The van der Waals surface area contributed by atoms with Crippen LogP contribution in [0.4, 0.5) is 5.82 Å². The number of methoxy groups -OCH3 is 1. The predicted octanol–water partition coefficient (Wildman–Crippen LogP) is 1.06. The molecule has 0 saturated heterocycles. The smallest absolute Gasteiger partial charge is 0.240 e. The van der Waals surface area contributed by atoms with Crippen LogP contribution >= 0.6 is 0 Å². The minimum Gasteiger partial charge on any atom is -0.497 e. The van der Waals surface area contributed by atoms with Crippen LogP contribution in [0.3, 0.4) is 0 Å². The maximum absolute atomic E-state index is 12.2. The van der Waals surface area contributed by atoms with Gasteiger partial charge in [-0.3, -0.25) is 0 Å². The molecule has 0 aliphatic carbocycles. The molecule has 0 radical (unpaired) electrons. The van der Waals surface area contributed by atoms with Gasteiger partial charge in [-0.1, -0.05) is 0 Å². The van der Waals surface area contributed by atoms with E-state index in [2.05, 4.69) is 25.3 Å². The monoisotopic (exact) mass is 374 g/mol. The summed E-state index contributed by atoms with van der Waals surface area (Å²) >= 11 is 0. The Bertz CT molecular complexity index is 925. The maximum atomic E-state index is 12.2. The van der Waals surface area contributed by atoms with Crippen molar-refractivity contribution in [2.24, 2.45) is 0 Å². The molecular weight excluding hydrogens is 356 g/mol. The lowest BCUT2D eigenvalue weighted by atomic mass is 10.3. The number of sulfonamides is 1. The van der Waals surface area contributed by atoms with Crippen LogP contribution in [0.15, 0.2) is 59.8 Å². The highest BCUT2D eigenvalue weighted by atomic mass is 32.2. The van der Waals surface area contributed by atoms with E-state index >= 15 is 0 Å². The SMILES string of the molecule is COc1ccc(S(=O)(=O)NCCNc2ccc(-n3cccn3)nn2)cc1. The van der Waals surface area contributed by atoms with Crippen molar-refractivity contribution >= 4 is 15.8 Å². The Hall–Kier alpha value is -2.98. The highest BCUT2D eigenvalue weighted by Gasteiger charge is 2.13. The lowest BCUT2D eigenvalue weighted by Gasteiger charge is -2.09. The number of rotatable bonds is 8. The quantitative estimate of drug-likeness (QED) is 0.567. The normalized spacial score (nSPS) is 11.3. The van der Waals surface area contributed by atoms with Crippen molar-refractivity contribution in [3.05, 3.63) is 54.9 Å². The first-order valence-corrected chi connectivity index (χ1v) is 9.28. The lowest BCUT2D eigenvalue weighted by Crippen LogP contribution is -2.29. The maximum Gasteiger partial charge on any atom is 0.240 e. The van der Waals surface area contributed by atoms with Crippen LogP contribution in [0, 0.1) is 0 Å². The van der Waals surface area contributed by atoms with Gasteiger partial charge in [-0.05, 0) is 42.5 Å². The van der Waals surface area contributed by atoms with Gasteiger partial charge in [-0.2, -0.15) is 5.10 Å². The molecule has 3 aromatic rings. The molecule has 0 bridgehead atoms. The Kier molecular flexibility index (Phi) is 5.44. The van der Waals surface area contributed by atoms with E-state index in [1.165, 1.54) is 19.2 Å². The minimum absolute atomic E-state index is 0.182. The average Bonchev–Trinajstić information content (AvgIpc) is 3.20. The van der Waals surface area contributed by atoms with E-state index in [4.69, 9.17) is 4.74 Å². The van der Waals surface area contributed by atoms with E-state index in [0.717, 1.165) is 0 Å². The zero-order chi connectivity index (χ0) is 18.4. The third-order valence-corrected chi connectivity index (χ3v) is 4.96. The standard InChI is InChI=1S/C16H18N6O3S/c1-25-13-3-5-14(6-4-13)26(23,24)19-11-10-17-15-7-8-16(21-20-15)22-12-2-9-18-22/h2-9,12,19H,10-11H2,1H3,(H,17,20). The molecular formula is C16H18N6O3S. The number of hydrogen-bond donors (Lipinski definition) is 2. The van der Waals surface area contributed by atoms with E-state index in [1.54, 1.807) is 47.4 Å². The molecule has 0 unspecified atom stereocenters. The fourth-order valence-corrected chi connectivity index (χ4v) is 3.19. The summed E-state index contributed by atoms with van der Waals surface area (Å²) in [7, 11) is -2.04. The summed E-state index contributed by atoms with van der Waals surface area (Å²) in [6, 6.07) is 11.5. The van der Waals surface area contributed by atoms with Crippen molar-refractivity contribution < 1.29 is 13.2 Å². The first-order chi connectivity index (χ1) is 12.6. The summed E-state index contributed by atoms with van der Waals surface area (Å²) in [5.74, 6) is 1.74. The Labute approximate surface area is 151 Å². The molecule has 0 atom stereocenters. The van der Waals surface area contributed by atoms with E-state index in [-0.39, 0.29) is 11.4 Å². The molecule has 0 saturated carbocycles. The van der Waals surface area contributed by atoms with Crippen LogP contribution in [0.5, 0.6) is 5.75 Å². The van der Waals surface area contributed by atoms with E-state index in [1.807, 2.05) is 0 Å². The number of nitrogens with one attached hydrogen (secondary N) is 2. The second-order valence-electron chi connectivity index (χ2n) is 5.23. The molecule has 0 amide bonds. The Morgan fingerprint density at radius 2 is 1.88 bits per heavy atom. The second kappa shape index (κ2) is 7.93. The van der Waals surface area contributed by atoms with Gasteiger partial charge in [-0.25, -0.2) is 17.8 Å². The molecule has 2 N–H and O–H groups in total. The summed E-state index contributed by atoms with van der Waals surface area (Å²) in [5.41, 5.74) is 0. The zero-order valence-electron chi connectivity index (χ0n) is 14.0. The van der Waals surface area contributed by atoms with Gasteiger partial charge in [0.25, 0.3) is 0 Å². The first-order valence-electron chi connectivity index (χ1n) is 7.80. The molecule has 0 aliphatic heterocycles. The van der Waals surface area contributed by atoms with E-state index < -0.39 is 10.0 Å². The van der Waals surface area contributed by atoms with Gasteiger partial charge in [0.2, 0.25) is 10.0 Å². The highest BCUT2D eigenvalue weighted by Crippen LogP contribution is 2.15. The Balaban J connectivity index is 1.50. The average molecular weight is 374 g/mol. The zero-order valence-corrected chi connectivity index (χ0v) is 14.8. The number of ether oxygens (including phenoxy) is 1. The van der Waals surface area contributed by atoms with Gasteiger partial charge in [0, 0.05) is 25.5 Å². The largest absolute Gasteiger partial charge is 0.497 e. The van der Waals surface area contributed by atoms with Gasteiger partial charge in [-0.15, -0.1) is 10.2 Å². The summed E-state index contributed by atoms with van der Waals surface area (Å²) in [4.78, 5) is 0.182. The summed E-state index contributed by atoms with van der Waals surface area (Å²) in [6.07, 6.45) is 3.42. The summed E-state index contributed by atoms with van der Waals surface area (Å²) in [6.45, 7) is 0.572. The third-order valence-electron chi connectivity index (χ3n) is 3.48. The van der Waals surface area contributed by atoms with Crippen LogP contribution < -0.4 is 14.8 Å². The van der Waals surface area contributed by atoms with Crippen LogP contribution in [0.25, 0.3) is 5.82 Å². The topological polar surface area (TPSA) is 111 Å². The van der Waals surface area contributed by atoms with E-state index in [9.17, 15) is 8.42 Å². The fourth-order valence-electron chi connectivity index (χ4n) is 2.16. The number of nitrogens with zero attached hydrogens (tertiary/aromatic N) is 4. The predicted molar refractivity (Wildman–Crippen MR) is 95.8 cm³/mol. The van der Waals surface area contributed by atoms with Crippen LogP contribution in [0.1, 0.15) is 0 Å². The molecule has 2 aromatic heterocycles.